The van der Waals surface area contributed by atoms with Crippen molar-refractivity contribution in [1.29, 1.82) is 5.26 Å². The van der Waals surface area contributed by atoms with E-state index >= 15 is 0 Å². The van der Waals surface area contributed by atoms with Crippen molar-refractivity contribution < 1.29 is 0 Å². The third-order valence-electron chi connectivity index (χ3n) is 2.01. The van der Waals surface area contributed by atoms with Crippen LogP contribution in [0.4, 0.5) is 0 Å². The minimum atomic E-state index is 0.386. The Labute approximate surface area is 92.1 Å². The maximum atomic E-state index is 8.60. The number of aromatic nitrogens is 2. The van der Waals surface area contributed by atoms with Gasteiger partial charge in [0.25, 0.3) is 0 Å². The molecule has 74 valence electrons. The van der Waals surface area contributed by atoms with Gasteiger partial charge in [0, 0.05) is 12.4 Å². The number of hydrogen-bond donors (Lipinski definition) is 0. The Morgan fingerprint density at radius 2 is 2.13 bits per heavy atom. The van der Waals surface area contributed by atoms with E-state index in [0.717, 1.165) is 21.1 Å². The van der Waals surface area contributed by atoms with Crippen LogP contribution in [0.3, 0.4) is 0 Å². The highest BCUT2D eigenvalue weighted by atomic mass is 32.1. The Morgan fingerprint density at radius 1 is 1.40 bits per heavy atom. The van der Waals surface area contributed by atoms with Crippen LogP contribution in [0.5, 0.6) is 0 Å². The van der Waals surface area contributed by atoms with Crippen LogP contribution in [0.15, 0.2) is 24.5 Å². The number of hydrogen-bond acceptors (Lipinski definition) is 4. The summed E-state index contributed by atoms with van der Waals surface area (Å²) in [7, 11) is 0. The van der Waals surface area contributed by atoms with E-state index in [1.54, 1.807) is 23.7 Å². The first-order chi connectivity index (χ1) is 7.31. The molecular weight excluding hydrogens is 206 g/mol. The zero-order valence-electron chi connectivity index (χ0n) is 8.27. The Morgan fingerprint density at radius 3 is 2.80 bits per heavy atom. The maximum Gasteiger partial charge on any atom is 0.108 e. The molecule has 2 heterocycles. The van der Waals surface area contributed by atoms with Gasteiger partial charge in [0.05, 0.1) is 23.1 Å². The molecule has 0 fully saturated rings. The summed E-state index contributed by atoms with van der Waals surface area (Å²) in [6, 6.07) is 6.02. The fourth-order valence-electron chi connectivity index (χ4n) is 1.37. The third kappa shape index (κ3) is 2.03. The number of rotatable bonds is 2. The molecule has 0 radical (unpaired) electrons. The average molecular weight is 215 g/mol. The molecule has 0 aromatic carbocycles. The monoisotopic (exact) mass is 215 g/mol. The molecule has 4 heteroatoms. The summed E-state index contributed by atoms with van der Waals surface area (Å²) in [5, 5.41) is 9.47. The second kappa shape index (κ2) is 4.20. The van der Waals surface area contributed by atoms with E-state index in [9.17, 15) is 0 Å². The standard InChI is InChI=1S/C11H9N3S/c1-8-11(9-3-6-13-7-4-9)15-10(14-8)2-5-12/h3-4,6-7H,2H2,1H3. The van der Waals surface area contributed by atoms with Gasteiger partial charge in [-0.15, -0.1) is 11.3 Å². The van der Waals surface area contributed by atoms with E-state index in [2.05, 4.69) is 16.0 Å². The van der Waals surface area contributed by atoms with Crippen LogP contribution in [-0.4, -0.2) is 9.97 Å². The molecule has 0 spiro atoms. The van der Waals surface area contributed by atoms with Crippen LogP contribution in [0.25, 0.3) is 10.4 Å². The van der Waals surface area contributed by atoms with Crippen LogP contribution in [0, 0.1) is 18.3 Å². The van der Waals surface area contributed by atoms with Crippen LogP contribution < -0.4 is 0 Å². The van der Waals surface area contributed by atoms with E-state index in [4.69, 9.17) is 5.26 Å². The summed E-state index contributed by atoms with van der Waals surface area (Å²) in [4.78, 5) is 9.46. The van der Waals surface area contributed by atoms with E-state index < -0.39 is 0 Å². The molecule has 2 rings (SSSR count). The fraction of sp³-hybridized carbons (Fsp3) is 0.182. The van der Waals surface area contributed by atoms with E-state index in [0.29, 0.717) is 6.42 Å². The quantitative estimate of drug-likeness (QED) is 0.773. The van der Waals surface area contributed by atoms with Crippen molar-refractivity contribution in [2.24, 2.45) is 0 Å². The normalized spacial score (nSPS) is 9.87. The van der Waals surface area contributed by atoms with Gasteiger partial charge in [0.15, 0.2) is 0 Å². The first kappa shape index (κ1) is 9.81. The van der Waals surface area contributed by atoms with E-state index in [1.807, 2.05) is 19.1 Å². The summed E-state index contributed by atoms with van der Waals surface area (Å²) >= 11 is 1.58. The van der Waals surface area contributed by atoms with Crippen LogP contribution in [0.1, 0.15) is 10.7 Å². The van der Waals surface area contributed by atoms with Gasteiger partial charge in [-0.2, -0.15) is 5.26 Å². The largest absolute Gasteiger partial charge is 0.265 e. The first-order valence-electron chi connectivity index (χ1n) is 4.55. The average Bonchev–Trinajstić information content (AvgIpc) is 2.61. The molecule has 0 aliphatic carbocycles. The van der Waals surface area contributed by atoms with Crippen molar-refractivity contribution in [3.8, 4) is 16.5 Å². The summed E-state index contributed by atoms with van der Waals surface area (Å²) in [6.45, 7) is 1.97. The highest BCUT2D eigenvalue weighted by molar-refractivity contribution is 7.15. The summed E-state index contributed by atoms with van der Waals surface area (Å²) in [6.07, 6.45) is 3.91. The number of pyridine rings is 1. The van der Waals surface area contributed by atoms with Crippen molar-refractivity contribution in [2.45, 2.75) is 13.3 Å². The zero-order valence-corrected chi connectivity index (χ0v) is 9.08. The maximum absolute atomic E-state index is 8.60. The molecule has 0 amide bonds. The Kier molecular flexibility index (Phi) is 2.75. The summed E-state index contributed by atoms with van der Waals surface area (Å²) in [5.74, 6) is 0. The summed E-state index contributed by atoms with van der Waals surface area (Å²) < 4.78 is 0. The lowest BCUT2D eigenvalue weighted by Gasteiger charge is -1.95. The molecule has 2 aromatic rings. The van der Waals surface area contributed by atoms with Crippen LogP contribution in [-0.2, 0) is 6.42 Å². The highest BCUT2D eigenvalue weighted by Crippen LogP contribution is 2.29. The highest BCUT2D eigenvalue weighted by Gasteiger charge is 2.08. The smallest absolute Gasteiger partial charge is 0.108 e. The van der Waals surface area contributed by atoms with Crippen LogP contribution >= 0.6 is 11.3 Å². The van der Waals surface area contributed by atoms with Crippen molar-refractivity contribution >= 4 is 11.3 Å². The number of aryl methyl sites for hydroxylation is 1. The molecule has 0 unspecified atom stereocenters. The van der Waals surface area contributed by atoms with Gasteiger partial charge in [-0.3, -0.25) is 4.98 Å². The SMILES string of the molecule is Cc1nc(CC#N)sc1-c1ccncc1. The molecule has 0 atom stereocenters. The van der Waals surface area contributed by atoms with Crippen molar-refractivity contribution in [3.05, 3.63) is 35.2 Å². The van der Waals surface area contributed by atoms with Gasteiger partial charge >= 0.3 is 0 Å². The number of thiazole rings is 1. The first-order valence-corrected chi connectivity index (χ1v) is 5.36. The van der Waals surface area contributed by atoms with Gasteiger partial charge in [-0.1, -0.05) is 0 Å². The lowest BCUT2D eigenvalue weighted by Crippen LogP contribution is -1.79. The topological polar surface area (TPSA) is 49.6 Å². The van der Waals surface area contributed by atoms with Gasteiger partial charge < -0.3 is 0 Å². The lowest BCUT2D eigenvalue weighted by molar-refractivity contribution is 1.14. The Bertz CT molecular complexity index is 496. The van der Waals surface area contributed by atoms with E-state index in [1.165, 1.54) is 0 Å². The predicted molar refractivity (Wildman–Crippen MR) is 59.4 cm³/mol. The molecule has 2 aromatic heterocycles. The molecule has 0 N–H and O–H groups in total. The molecule has 3 nitrogen and oxygen atoms in total. The minimum Gasteiger partial charge on any atom is -0.265 e. The Hall–Kier alpha value is -1.73. The van der Waals surface area contributed by atoms with Gasteiger partial charge in [-0.25, -0.2) is 4.98 Å². The molecule has 15 heavy (non-hydrogen) atoms. The Balaban J connectivity index is 2.42. The molecule has 0 bridgehead atoms. The number of nitrogens with zero attached hydrogens (tertiary/aromatic N) is 3. The minimum absolute atomic E-state index is 0.386. The molecule has 0 saturated heterocycles. The van der Waals surface area contributed by atoms with Gasteiger partial charge in [-0.05, 0) is 24.6 Å². The van der Waals surface area contributed by atoms with Gasteiger partial charge in [0.1, 0.15) is 5.01 Å². The van der Waals surface area contributed by atoms with Gasteiger partial charge in [0.2, 0.25) is 0 Å². The van der Waals surface area contributed by atoms with Crippen LogP contribution in [0.2, 0.25) is 0 Å². The summed E-state index contributed by atoms with van der Waals surface area (Å²) in [5.41, 5.74) is 2.10. The van der Waals surface area contributed by atoms with Crippen molar-refractivity contribution in [3.63, 3.8) is 0 Å². The van der Waals surface area contributed by atoms with E-state index in [-0.39, 0.29) is 0 Å². The predicted octanol–water partition coefficient (Wildman–Crippen LogP) is 2.58. The second-order valence-corrected chi connectivity index (χ2v) is 4.18. The third-order valence-corrected chi connectivity index (χ3v) is 3.22. The number of nitriles is 1. The molecule has 0 aliphatic rings. The van der Waals surface area contributed by atoms with Crippen molar-refractivity contribution in [2.75, 3.05) is 0 Å². The lowest BCUT2D eigenvalue weighted by atomic mass is 10.2. The zero-order chi connectivity index (χ0) is 10.7. The van der Waals surface area contributed by atoms with Crippen molar-refractivity contribution in [1.82, 2.24) is 9.97 Å². The molecule has 0 saturated carbocycles. The molecular formula is C11H9N3S. The second-order valence-electron chi connectivity index (χ2n) is 3.09. The molecule has 0 aliphatic heterocycles. The fourth-order valence-corrected chi connectivity index (χ4v) is 2.37.